The summed E-state index contributed by atoms with van der Waals surface area (Å²) in [6, 6.07) is 31.6. The molecule has 0 amide bonds. The third kappa shape index (κ3) is 2.49. The molecule has 5 aromatic rings. The zero-order valence-electron chi connectivity index (χ0n) is 14.0. The van der Waals surface area contributed by atoms with Gasteiger partial charge in [-0.3, -0.25) is 0 Å². The van der Waals surface area contributed by atoms with Gasteiger partial charge in [-0.05, 0) is 52.6 Å². The summed E-state index contributed by atoms with van der Waals surface area (Å²) in [5, 5.41) is 3.13. The summed E-state index contributed by atoms with van der Waals surface area (Å²) in [4.78, 5) is 3.50. The lowest BCUT2D eigenvalue weighted by Gasteiger charge is -2.08. The van der Waals surface area contributed by atoms with Crippen LogP contribution in [0.1, 0.15) is 0 Å². The van der Waals surface area contributed by atoms with Crippen LogP contribution in [0.15, 0.2) is 91.0 Å². The average molecular weight is 354 g/mol. The number of hydrogen-bond acceptors (Lipinski definition) is 0. The molecule has 0 radical (unpaired) electrons. The minimum Gasteiger partial charge on any atom is -0.354 e. The quantitative estimate of drug-likeness (QED) is 0.342. The highest BCUT2D eigenvalue weighted by atomic mass is 35.5. The minimum absolute atomic E-state index is 0.756. The van der Waals surface area contributed by atoms with Crippen LogP contribution < -0.4 is 0 Å². The molecule has 124 valence electrons. The second-order valence-electron chi connectivity index (χ2n) is 6.49. The first-order valence-electron chi connectivity index (χ1n) is 8.65. The van der Waals surface area contributed by atoms with Gasteiger partial charge < -0.3 is 4.98 Å². The van der Waals surface area contributed by atoms with E-state index < -0.39 is 0 Å². The van der Waals surface area contributed by atoms with Crippen LogP contribution in [-0.2, 0) is 0 Å². The number of halogens is 1. The number of aromatic nitrogens is 1. The lowest BCUT2D eigenvalue weighted by atomic mass is 9.96. The molecule has 1 aromatic heterocycles. The average Bonchev–Trinajstić information content (AvgIpc) is 3.07. The Kier molecular flexibility index (Phi) is 3.55. The molecule has 0 unspecified atom stereocenters. The van der Waals surface area contributed by atoms with Crippen LogP contribution in [0.4, 0.5) is 0 Å². The van der Waals surface area contributed by atoms with E-state index in [2.05, 4.69) is 71.7 Å². The molecule has 0 fully saturated rings. The molecular weight excluding hydrogens is 338 g/mol. The van der Waals surface area contributed by atoms with Gasteiger partial charge in [-0.25, -0.2) is 0 Å². The molecule has 1 nitrogen and oxygen atoms in total. The minimum atomic E-state index is 0.756. The van der Waals surface area contributed by atoms with Crippen molar-refractivity contribution in [2.45, 2.75) is 0 Å². The van der Waals surface area contributed by atoms with Crippen LogP contribution in [0.2, 0.25) is 5.02 Å². The van der Waals surface area contributed by atoms with Crippen LogP contribution in [-0.4, -0.2) is 4.98 Å². The summed E-state index contributed by atoms with van der Waals surface area (Å²) < 4.78 is 0. The number of benzene rings is 4. The Labute approximate surface area is 156 Å². The van der Waals surface area contributed by atoms with Gasteiger partial charge in [0.1, 0.15) is 0 Å². The maximum absolute atomic E-state index is 6.27. The molecule has 1 N–H and O–H groups in total. The van der Waals surface area contributed by atoms with E-state index in [9.17, 15) is 0 Å². The van der Waals surface area contributed by atoms with E-state index in [-0.39, 0.29) is 0 Å². The summed E-state index contributed by atoms with van der Waals surface area (Å²) in [7, 11) is 0. The fraction of sp³-hybridized carbons (Fsp3) is 0. The molecule has 0 aliphatic heterocycles. The van der Waals surface area contributed by atoms with Crippen molar-refractivity contribution in [3.05, 3.63) is 96.0 Å². The number of hydrogen-bond donors (Lipinski definition) is 1. The highest BCUT2D eigenvalue weighted by molar-refractivity contribution is 6.32. The molecule has 0 saturated heterocycles. The number of aromatic amines is 1. The maximum Gasteiger partial charge on any atom is 0.0471 e. The summed E-state index contributed by atoms with van der Waals surface area (Å²) in [5.41, 5.74) is 7.11. The summed E-state index contributed by atoms with van der Waals surface area (Å²) in [5.74, 6) is 0. The number of nitrogens with one attached hydrogen (secondary N) is 1. The van der Waals surface area contributed by atoms with E-state index in [0.717, 1.165) is 21.4 Å². The van der Waals surface area contributed by atoms with Crippen LogP contribution >= 0.6 is 11.6 Å². The van der Waals surface area contributed by atoms with Gasteiger partial charge in [-0.15, -0.1) is 0 Å². The SMILES string of the molecule is Clc1ccc2[nH]c3cccc(-c4cccc(-c5ccccc5)c4)c3c2c1. The van der Waals surface area contributed by atoms with Crippen molar-refractivity contribution in [3.63, 3.8) is 0 Å². The predicted octanol–water partition coefficient (Wildman–Crippen LogP) is 7.31. The smallest absolute Gasteiger partial charge is 0.0471 e. The van der Waals surface area contributed by atoms with Gasteiger partial charge in [0.15, 0.2) is 0 Å². The third-order valence-electron chi connectivity index (χ3n) is 4.87. The molecule has 0 atom stereocenters. The highest BCUT2D eigenvalue weighted by Gasteiger charge is 2.11. The van der Waals surface area contributed by atoms with E-state index in [4.69, 9.17) is 11.6 Å². The number of H-pyrrole nitrogens is 1. The summed E-state index contributed by atoms with van der Waals surface area (Å²) in [6.07, 6.45) is 0. The lowest BCUT2D eigenvalue weighted by molar-refractivity contribution is 1.54. The van der Waals surface area contributed by atoms with Crippen molar-refractivity contribution in [3.8, 4) is 22.3 Å². The van der Waals surface area contributed by atoms with Gasteiger partial charge in [0, 0.05) is 26.8 Å². The molecule has 26 heavy (non-hydrogen) atoms. The van der Waals surface area contributed by atoms with Crippen LogP contribution in [0.25, 0.3) is 44.1 Å². The Morgan fingerprint density at radius 1 is 0.577 bits per heavy atom. The Hall–Kier alpha value is -3.03. The van der Waals surface area contributed by atoms with E-state index in [1.165, 1.54) is 27.6 Å². The molecule has 2 heteroatoms. The number of rotatable bonds is 2. The molecule has 4 aromatic carbocycles. The molecule has 5 rings (SSSR count). The van der Waals surface area contributed by atoms with Crippen molar-refractivity contribution in [1.29, 1.82) is 0 Å². The zero-order chi connectivity index (χ0) is 17.5. The molecule has 0 aliphatic carbocycles. The highest BCUT2D eigenvalue weighted by Crippen LogP contribution is 2.36. The molecule has 0 saturated carbocycles. The van der Waals surface area contributed by atoms with Gasteiger partial charge in [0.05, 0.1) is 0 Å². The van der Waals surface area contributed by atoms with Gasteiger partial charge in [0.25, 0.3) is 0 Å². The first-order chi connectivity index (χ1) is 12.8. The van der Waals surface area contributed by atoms with E-state index in [1.54, 1.807) is 0 Å². The molecule has 1 heterocycles. The number of fused-ring (bicyclic) bond motifs is 3. The van der Waals surface area contributed by atoms with E-state index in [0.29, 0.717) is 0 Å². The molecule has 0 bridgehead atoms. The maximum atomic E-state index is 6.27. The molecule has 0 spiro atoms. The zero-order valence-corrected chi connectivity index (χ0v) is 14.8. The first kappa shape index (κ1) is 15.2. The standard InChI is InChI=1S/C24H16ClN/c25-19-12-13-22-21(15-19)24-20(10-5-11-23(24)26-22)18-9-4-8-17(14-18)16-6-2-1-3-7-16/h1-15,26H. The Balaban J connectivity index is 1.77. The topological polar surface area (TPSA) is 15.8 Å². The normalized spacial score (nSPS) is 11.3. The van der Waals surface area contributed by atoms with Crippen molar-refractivity contribution < 1.29 is 0 Å². The monoisotopic (exact) mass is 353 g/mol. The van der Waals surface area contributed by atoms with Gasteiger partial charge >= 0.3 is 0 Å². The van der Waals surface area contributed by atoms with E-state index in [1.807, 2.05) is 24.3 Å². The summed E-state index contributed by atoms with van der Waals surface area (Å²) in [6.45, 7) is 0. The predicted molar refractivity (Wildman–Crippen MR) is 112 cm³/mol. The second-order valence-corrected chi connectivity index (χ2v) is 6.93. The third-order valence-corrected chi connectivity index (χ3v) is 5.10. The second kappa shape index (κ2) is 6.05. The van der Waals surface area contributed by atoms with Crippen molar-refractivity contribution >= 4 is 33.4 Å². The van der Waals surface area contributed by atoms with Crippen LogP contribution in [0, 0.1) is 0 Å². The Bertz CT molecular complexity index is 1240. The Morgan fingerprint density at radius 3 is 2.23 bits per heavy atom. The summed E-state index contributed by atoms with van der Waals surface area (Å²) >= 11 is 6.27. The van der Waals surface area contributed by atoms with Crippen LogP contribution in [0.3, 0.4) is 0 Å². The molecule has 0 aliphatic rings. The lowest BCUT2D eigenvalue weighted by Crippen LogP contribution is -1.82. The van der Waals surface area contributed by atoms with Gasteiger partial charge in [-0.2, -0.15) is 0 Å². The molecular formula is C24H16ClN. The van der Waals surface area contributed by atoms with Crippen molar-refractivity contribution in [1.82, 2.24) is 4.98 Å². The Morgan fingerprint density at radius 2 is 1.35 bits per heavy atom. The fourth-order valence-corrected chi connectivity index (χ4v) is 3.83. The van der Waals surface area contributed by atoms with Gasteiger partial charge in [-0.1, -0.05) is 72.3 Å². The van der Waals surface area contributed by atoms with Crippen molar-refractivity contribution in [2.75, 3.05) is 0 Å². The van der Waals surface area contributed by atoms with E-state index >= 15 is 0 Å². The largest absolute Gasteiger partial charge is 0.354 e. The fourth-order valence-electron chi connectivity index (χ4n) is 3.66. The van der Waals surface area contributed by atoms with Crippen molar-refractivity contribution in [2.24, 2.45) is 0 Å². The van der Waals surface area contributed by atoms with Gasteiger partial charge in [0.2, 0.25) is 0 Å². The van der Waals surface area contributed by atoms with Crippen LogP contribution in [0.5, 0.6) is 0 Å². The first-order valence-corrected chi connectivity index (χ1v) is 9.03.